The molecule has 0 aliphatic carbocycles. The van der Waals surface area contributed by atoms with Crippen LogP contribution < -0.4 is 5.32 Å². The zero-order chi connectivity index (χ0) is 19.4. The lowest BCUT2D eigenvalue weighted by Crippen LogP contribution is -2.28. The van der Waals surface area contributed by atoms with Crippen molar-refractivity contribution in [1.82, 2.24) is 25.2 Å². The van der Waals surface area contributed by atoms with Crippen LogP contribution in [0.15, 0.2) is 34.9 Å². The van der Waals surface area contributed by atoms with E-state index >= 15 is 0 Å². The maximum Gasteiger partial charge on any atom is 0.270 e. The maximum absolute atomic E-state index is 12.6. The standard InChI is InChI=1S/C20H25N5O2/c1-5-6-10-15-12-17(25(4)23-15)19(26)21-14(3)20-22-18(24-27-20)16-11-8-7-9-13(16)2/h7-9,11-12,14H,5-6,10H2,1-4H3,(H,21,26). The van der Waals surface area contributed by atoms with Gasteiger partial charge >= 0.3 is 0 Å². The molecule has 0 bridgehead atoms. The lowest BCUT2D eigenvalue weighted by Gasteiger charge is -2.09. The van der Waals surface area contributed by atoms with E-state index in [0.29, 0.717) is 17.4 Å². The largest absolute Gasteiger partial charge is 0.339 e. The minimum absolute atomic E-state index is 0.212. The van der Waals surface area contributed by atoms with Crippen LogP contribution >= 0.6 is 0 Å². The van der Waals surface area contributed by atoms with E-state index in [1.54, 1.807) is 11.7 Å². The van der Waals surface area contributed by atoms with Crippen molar-refractivity contribution < 1.29 is 9.32 Å². The average molecular weight is 367 g/mol. The van der Waals surface area contributed by atoms with Gasteiger partial charge in [-0.3, -0.25) is 9.48 Å². The lowest BCUT2D eigenvalue weighted by molar-refractivity contribution is 0.0923. The number of hydrogen-bond acceptors (Lipinski definition) is 5. The van der Waals surface area contributed by atoms with Crippen molar-refractivity contribution in [1.29, 1.82) is 0 Å². The number of aryl methyl sites for hydroxylation is 3. The molecule has 1 N–H and O–H groups in total. The van der Waals surface area contributed by atoms with Crippen molar-refractivity contribution in [3.63, 3.8) is 0 Å². The van der Waals surface area contributed by atoms with Crippen molar-refractivity contribution >= 4 is 5.91 Å². The van der Waals surface area contributed by atoms with Gasteiger partial charge in [-0.25, -0.2) is 0 Å². The summed E-state index contributed by atoms with van der Waals surface area (Å²) in [5.74, 6) is 0.678. The van der Waals surface area contributed by atoms with Gasteiger partial charge in [0.05, 0.1) is 5.69 Å². The molecule has 0 aliphatic rings. The minimum Gasteiger partial charge on any atom is -0.339 e. The van der Waals surface area contributed by atoms with Gasteiger partial charge in [0.15, 0.2) is 0 Å². The Morgan fingerprint density at radius 1 is 1.33 bits per heavy atom. The number of carbonyl (C=O) groups is 1. The zero-order valence-electron chi connectivity index (χ0n) is 16.2. The molecule has 3 aromatic rings. The topological polar surface area (TPSA) is 85.8 Å². The minimum atomic E-state index is -0.406. The fraction of sp³-hybridized carbons (Fsp3) is 0.400. The third-order valence-corrected chi connectivity index (χ3v) is 4.50. The van der Waals surface area contributed by atoms with E-state index in [9.17, 15) is 4.79 Å². The Labute approximate surface area is 158 Å². The summed E-state index contributed by atoms with van der Waals surface area (Å²) in [6.45, 7) is 5.95. The highest BCUT2D eigenvalue weighted by Crippen LogP contribution is 2.22. The van der Waals surface area contributed by atoms with Gasteiger partial charge in [-0.15, -0.1) is 0 Å². The quantitative estimate of drug-likeness (QED) is 0.689. The Hall–Kier alpha value is -2.96. The SMILES string of the molecule is CCCCc1cc(C(=O)NC(C)c2nc(-c3ccccc3C)no2)n(C)n1. The lowest BCUT2D eigenvalue weighted by atomic mass is 10.1. The molecule has 0 aliphatic heterocycles. The molecule has 1 aromatic carbocycles. The molecule has 1 unspecified atom stereocenters. The van der Waals surface area contributed by atoms with Gasteiger partial charge in [0.2, 0.25) is 11.7 Å². The second-order valence-corrected chi connectivity index (χ2v) is 6.71. The highest BCUT2D eigenvalue weighted by molar-refractivity contribution is 5.92. The molecule has 142 valence electrons. The highest BCUT2D eigenvalue weighted by atomic mass is 16.5. The molecule has 0 saturated heterocycles. The highest BCUT2D eigenvalue weighted by Gasteiger charge is 2.21. The van der Waals surface area contributed by atoms with E-state index in [1.807, 2.05) is 44.2 Å². The van der Waals surface area contributed by atoms with Gasteiger partial charge in [-0.05, 0) is 38.3 Å². The Kier molecular flexibility index (Phi) is 5.69. The first-order valence-corrected chi connectivity index (χ1v) is 9.23. The van der Waals surface area contributed by atoms with E-state index in [2.05, 4.69) is 27.5 Å². The second-order valence-electron chi connectivity index (χ2n) is 6.71. The predicted octanol–water partition coefficient (Wildman–Crippen LogP) is 3.61. The first-order chi connectivity index (χ1) is 13.0. The Morgan fingerprint density at radius 3 is 2.85 bits per heavy atom. The molecule has 7 heteroatoms. The van der Waals surface area contributed by atoms with Crippen LogP contribution in [0.2, 0.25) is 0 Å². The van der Waals surface area contributed by atoms with Gasteiger partial charge in [0.1, 0.15) is 11.7 Å². The molecule has 1 amide bonds. The fourth-order valence-electron chi connectivity index (χ4n) is 2.90. The summed E-state index contributed by atoms with van der Waals surface area (Å²) in [5.41, 5.74) is 3.43. The van der Waals surface area contributed by atoms with Crippen LogP contribution in [0.3, 0.4) is 0 Å². The summed E-state index contributed by atoms with van der Waals surface area (Å²) in [6.07, 6.45) is 3.02. The zero-order valence-corrected chi connectivity index (χ0v) is 16.2. The second kappa shape index (κ2) is 8.16. The molecule has 0 saturated carbocycles. The molecule has 1 atom stereocenters. The van der Waals surface area contributed by atoms with Crippen LogP contribution in [0.25, 0.3) is 11.4 Å². The van der Waals surface area contributed by atoms with Crippen molar-refractivity contribution in [2.24, 2.45) is 7.05 Å². The van der Waals surface area contributed by atoms with E-state index in [-0.39, 0.29) is 5.91 Å². The number of benzene rings is 1. The molecule has 3 rings (SSSR count). The predicted molar refractivity (Wildman–Crippen MR) is 102 cm³/mol. The van der Waals surface area contributed by atoms with Gasteiger partial charge in [0.25, 0.3) is 5.91 Å². The molecule has 0 spiro atoms. The third kappa shape index (κ3) is 4.24. The number of amides is 1. The number of hydrogen-bond donors (Lipinski definition) is 1. The molecule has 7 nitrogen and oxygen atoms in total. The molecule has 2 heterocycles. The van der Waals surface area contributed by atoms with Crippen LogP contribution in [0, 0.1) is 6.92 Å². The summed E-state index contributed by atoms with van der Waals surface area (Å²) in [7, 11) is 1.78. The van der Waals surface area contributed by atoms with Gasteiger partial charge < -0.3 is 9.84 Å². The van der Waals surface area contributed by atoms with E-state index in [0.717, 1.165) is 36.1 Å². The van der Waals surface area contributed by atoms with Crippen molar-refractivity contribution in [2.75, 3.05) is 0 Å². The Bertz CT molecular complexity index is 928. The number of nitrogens with one attached hydrogen (secondary N) is 1. The van der Waals surface area contributed by atoms with Crippen molar-refractivity contribution in [3.05, 3.63) is 53.2 Å². The van der Waals surface area contributed by atoms with Gasteiger partial charge in [-0.1, -0.05) is 42.8 Å². The molecular formula is C20H25N5O2. The van der Waals surface area contributed by atoms with E-state index in [1.165, 1.54) is 0 Å². The summed E-state index contributed by atoms with van der Waals surface area (Å²) in [4.78, 5) is 17.0. The number of rotatable bonds is 7. The maximum atomic E-state index is 12.6. The summed E-state index contributed by atoms with van der Waals surface area (Å²) >= 11 is 0. The summed E-state index contributed by atoms with van der Waals surface area (Å²) in [5, 5.41) is 11.4. The molecule has 0 fully saturated rings. The number of carbonyl (C=O) groups excluding carboxylic acids is 1. The van der Waals surface area contributed by atoms with Crippen LogP contribution in [-0.4, -0.2) is 25.8 Å². The first kappa shape index (κ1) is 18.8. The third-order valence-electron chi connectivity index (χ3n) is 4.50. The van der Waals surface area contributed by atoms with Crippen LogP contribution in [0.1, 0.15) is 60.4 Å². The summed E-state index contributed by atoms with van der Waals surface area (Å²) < 4.78 is 6.97. The summed E-state index contributed by atoms with van der Waals surface area (Å²) in [6, 6.07) is 9.27. The van der Waals surface area contributed by atoms with Gasteiger partial charge in [0, 0.05) is 12.6 Å². The number of aromatic nitrogens is 4. The smallest absolute Gasteiger partial charge is 0.270 e. The monoisotopic (exact) mass is 367 g/mol. The Balaban J connectivity index is 1.70. The van der Waals surface area contributed by atoms with Crippen molar-refractivity contribution in [3.8, 4) is 11.4 Å². The van der Waals surface area contributed by atoms with Gasteiger partial charge in [-0.2, -0.15) is 10.1 Å². The number of unbranched alkanes of at least 4 members (excludes halogenated alkanes) is 1. The van der Waals surface area contributed by atoms with E-state index < -0.39 is 6.04 Å². The average Bonchev–Trinajstić information content (AvgIpc) is 3.27. The molecular weight excluding hydrogens is 342 g/mol. The van der Waals surface area contributed by atoms with E-state index in [4.69, 9.17) is 4.52 Å². The fourth-order valence-corrected chi connectivity index (χ4v) is 2.90. The molecule has 27 heavy (non-hydrogen) atoms. The van der Waals surface area contributed by atoms with Crippen LogP contribution in [0.5, 0.6) is 0 Å². The molecule has 0 radical (unpaired) electrons. The van der Waals surface area contributed by atoms with Crippen LogP contribution in [0.4, 0.5) is 0 Å². The number of nitrogens with zero attached hydrogens (tertiary/aromatic N) is 4. The Morgan fingerprint density at radius 2 is 2.11 bits per heavy atom. The molecule has 2 aromatic heterocycles. The first-order valence-electron chi connectivity index (χ1n) is 9.23. The van der Waals surface area contributed by atoms with Crippen LogP contribution in [-0.2, 0) is 13.5 Å². The van der Waals surface area contributed by atoms with Crippen molar-refractivity contribution in [2.45, 2.75) is 46.1 Å². The normalized spacial score (nSPS) is 12.1.